The summed E-state index contributed by atoms with van der Waals surface area (Å²) in [5.41, 5.74) is 0. The first-order valence-corrected chi connectivity index (χ1v) is 10.8. The maximum atomic E-state index is 12.2. The fourth-order valence-corrected chi connectivity index (χ4v) is 3.36. The monoisotopic (exact) mass is 370 g/mol. The summed E-state index contributed by atoms with van der Waals surface area (Å²) in [5, 5.41) is 9.19. The van der Waals surface area contributed by atoms with E-state index in [0.717, 1.165) is 25.7 Å². The molecule has 4 nitrogen and oxygen atoms in total. The van der Waals surface area contributed by atoms with E-state index in [9.17, 15) is 14.7 Å². The predicted molar refractivity (Wildman–Crippen MR) is 107 cm³/mol. The van der Waals surface area contributed by atoms with Crippen LogP contribution in [0.25, 0.3) is 0 Å². The van der Waals surface area contributed by atoms with Crippen LogP contribution in [0.4, 0.5) is 0 Å². The molecular weight excluding hydrogens is 328 g/mol. The molecule has 0 aliphatic heterocycles. The molecule has 0 aromatic carbocycles. The van der Waals surface area contributed by atoms with Crippen LogP contribution in [-0.2, 0) is 14.3 Å². The molecule has 0 rings (SSSR count). The minimum absolute atomic E-state index is 0.0207. The van der Waals surface area contributed by atoms with Crippen LogP contribution in [0.2, 0.25) is 0 Å². The number of carbonyl (C=O) groups excluding carboxylic acids is 1. The van der Waals surface area contributed by atoms with Gasteiger partial charge in [-0.15, -0.1) is 0 Å². The molecule has 0 aromatic heterocycles. The van der Waals surface area contributed by atoms with Gasteiger partial charge in [0.1, 0.15) is 6.10 Å². The van der Waals surface area contributed by atoms with Crippen molar-refractivity contribution in [1.29, 1.82) is 0 Å². The predicted octanol–water partition coefficient (Wildman–Crippen LogP) is 6.37. The lowest BCUT2D eigenvalue weighted by molar-refractivity contribution is -0.151. The van der Waals surface area contributed by atoms with Crippen molar-refractivity contribution in [3.05, 3.63) is 0 Å². The van der Waals surface area contributed by atoms with Crippen LogP contribution >= 0.6 is 0 Å². The number of ether oxygens (including phenoxy) is 1. The third kappa shape index (κ3) is 14.1. The van der Waals surface area contributed by atoms with Crippen LogP contribution in [0.15, 0.2) is 0 Å². The molecule has 0 saturated heterocycles. The summed E-state index contributed by atoms with van der Waals surface area (Å²) in [7, 11) is 0. The highest BCUT2D eigenvalue weighted by molar-refractivity contribution is 5.73. The van der Waals surface area contributed by atoms with Gasteiger partial charge in [0.15, 0.2) is 0 Å². The summed E-state index contributed by atoms with van der Waals surface area (Å²) in [6, 6.07) is 0. The molecule has 0 fully saturated rings. The molecule has 1 N–H and O–H groups in total. The summed E-state index contributed by atoms with van der Waals surface area (Å²) >= 11 is 0. The second kappa shape index (κ2) is 16.1. The van der Waals surface area contributed by atoms with E-state index in [1.54, 1.807) is 0 Å². The summed E-state index contributed by atoms with van der Waals surface area (Å²) in [6.07, 6.45) is 12.6. The standard InChI is InChI=1S/C22H42O4/c1-5-7-8-9-10-11-12-14-20(17-18(3)4)26-21(23)16-15-19(13-6-2)22(24)25/h18-20H,5-17H2,1-4H3,(H,24,25). The topological polar surface area (TPSA) is 63.6 Å². The molecular formula is C22H42O4. The summed E-state index contributed by atoms with van der Waals surface area (Å²) < 4.78 is 5.68. The smallest absolute Gasteiger partial charge is 0.306 e. The zero-order chi connectivity index (χ0) is 19.8. The lowest BCUT2D eigenvalue weighted by atomic mass is 9.98. The lowest BCUT2D eigenvalue weighted by Crippen LogP contribution is -2.22. The van der Waals surface area contributed by atoms with Gasteiger partial charge in [-0.3, -0.25) is 9.59 Å². The molecule has 0 aliphatic rings. The highest BCUT2D eigenvalue weighted by Crippen LogP contribution is 2.19. The Balaban J connectivity index is 4.17. The number of unbranched alkanes of at least 4 members (excludes halogenated alkanes) is 6. The van der Waals surface area contributed by atoms with E-state index in [1.807, 2.05) is 6.92 Å². The van der Waals surface area contributed by atoms with Gasteiger partial charge in [-0.2, -0.15) is 0 Å². The van der Waals surface area contributed by atoms with Gasteiger partial charge in [0, 0.05) is 6.42 Å². The van der Waals surface area contributed by atoms with Crippen molar-refractivity contribution in [3.63, 3.8) is 0 Å². The van der Waals surface area contributed by atoms with E-state index in [4.69, 9.17) is 4.74 Å². The quantitative estimate of drug-likeness (QED) is 0.239. The fraction of sp³-hybridized carbons (Fsp3) is 0.909. The van der Waals surface area contributed by atoms with Crippen molar-refractivity contribution >= 4 is 11.9 Å². The second-order valence-corrected chi connectivity index (χ2v) is 8.01. The zero-order valence-electron chi connectivity index (χ0n) is 17.6. The Morgan fingerprint density at radius 2 is 1.46 bits per heavy atom. The first-order chi connectivity index (χ1) is 12.4. The fourth-order valence-electron chi connectivity index (χ4n) is 3.36. The molecule has 0 aromatic rings. The molecule has 0 spiro atoms. The molecule has 0 radical (unpaired) electrons. The summed E-state index contributed by atoms with van der Waals surface area (Å²) in [6.45, 7) is 8.49. The van der Waals surface area contributed by atoms with Crippen molar-refractivity contribution in [2.24, 2.45) is 11.8 Å². The van der Waals surface area contributed by atoms with Crippen molar-refractivity contribution in [2.45, 2.75) is 117 Å². The maximum absolute atomic E-state index is 12.2. The van der Waals surface area contributed by atoms with Gasteiger partial charge in [-0.1, -0.05) is 72.6 Å². The Morgan fingerprint density at radius 1 is 0.846 bits per heavy atom. The van der Waals surface area contributed by atoms with Gasteiger partial charge < -0.3 is 9.84 Å². The average Bonchev–Trinajstić information content (AvgIpc) is 2.56. The normalized spacial score (nSPS) is 13.6. The second-order valence-electron chi connectivity index (χ2n) is 8.01. The maximum Gasteiger partial charge on any atom is 0.306 e. The first-order valence-electron chi connectivity index (χ1n) is 10.8. The van der Waals surface area contributed by atoms with Crippen LogP contribution in [0.1, 0.15) is 111 Å². The van der Waals surface area contributed by atoms with Crippen LogP contribution in [0.3, 0.4) is 0 Å². The summed E-state index contributed by atoms with van der Waals surface area (Å²) in [4.78, 5) is 23.3. The van der Waals surface area contributed by atoms with Crippen molar-refractivity contribution < 1.29 is 19.4 Å². The minimum Gasteiger partial charge on any atom is -0.481 e. The van der Waals surface area contributed by atoms with E-state index in [-0.39, 0.29) is 18.5 Å². The molecule has 2 atom stereocenters. The van der Waals surface area contributed by atoms with E-state index < -0.39 is 11.9 Å². The van der Waals surface area contributed by atoms with Gasteiger partial charge in [0.2, 0.25) is 0 Å². The molecule has 0 aliphatic carbocycles. The molecule has 26 heavy (non-hydrogen) atoms. The number of carbonyl (C=O) groups is 2. The van der Waals surface area contributed by atoms with Crippen LogP contribution in [0.5, 0.6) is 0 Å². The molecule has 2 unspecified atom stereocenters. The zero-order valence-corrected chi connectivity index (χ0v) is 17.6. The number of carboxylic acid groups (broad SMARTS) is 1. The third-order valence-corrected chi connectivity index (χ3v) is 4.85. The van der Waals surface area contributed by atoms with Crippen molar-refractivity contribution in [2.75, 3.05) is 0 Å². The Hall–Kier alpha value is -1.06. The number of esters is 1. The number of rotatable bonds is 17. The number of hydrogen-bond donors (Lipinski definition) is 1. The molecule has 0 saturated carbocycles. The highest BCUT2D eigenvalue weighted by atomic mass is 16.5. The van der Waals surface area contributed by atoms with Crippen molar-refractivity contribution in [1.82, 2.24) is 0 Å². The first kappa shape index (κ1) is 24.9. The van der Waals surface area contributed by atoms with Gasteiger partial charge in [0.25, 0.3) is 0 Å². The average molecular weight is 371 g/mol. The number of aliphatic carboxylic acids is 1. The number of hydrogen-bond acceptors (Lipinski definition) is 3. The van der Waals surface area contributed by atoms with E-state index in [0.29, 0.717) is 18.8 Å². The lowest BCUT2D eigenvalue weighted by Gasteiger charge is -2.20. The number of carboxylic acids is 1. The van der Waals surface area contributed by atoms with E-state index in [1.165, 1.54) is 38.5 Å². The molecule has 154 valence electrons. The molecule has 0 bridgehead atoms. The summed E-state index contributed by atoms with van der Waals surface area (Å²) in [5.74, 6) is -0.981. The SMILES string of the molecule is CCCCCCCCCC(CC(C)C)OC(=O)CCC(CCC)C(=O)O. The van der Waals surface area contributed by atoms with Gasteiger partial charge >= 0.3 is 11.9 Å². The van der Waals surface area contributed by atoms with Crippen LogP contribution < -0.4 is 0 Å². The largest absolute Gasteiger partial charge is 0.481 e. The van der Waals surface area contributed by atoms with Crippen LogP contribution in [-0.4, -0.2) is 23.1 Å². The highest BCUT2D eigenvalue weighted by Gasteiger charge is 2.20. The van der Waals surface area contributed by atoms with Crippen LogP contribution in [0, 0.1) is 11.8 Å². The molecule has 0 amide bonds. The minimum atomic E-state index is -0.804. The molecule has 4 heteroatoms. The third-order valence-electron chi connectivity index (χ3n) is 4.85. The Morgan fingerprint density at radius 3 is 2.00 bits per heavy atom. The Labute approximate surface area is 161 Å². The van der Waals surface area contributed by atoms with E-state index >= 15 is 0 Å². The Bertz CT molecular complexity index is 365. The molecule has 0 heterocycles. The van der Waals surface area contributed by atoms with Gasteiger partial charge in [-0.25, -0.2) is 0 Å². The van der Waals surface area contributed by atoms with Gasteiger partial charge in [0.05, 0.1) is 5.92 Å². The van der Waals surface area contributed by atoms with Crippen molar-refractivity contribution in [3.8, 4) is 0 Å². The Kier molecular flexibility index (Phi) is 15.5. The van der Waals surface area contributed by atoms with Gasteiger partial charge in [-0.05, 0) is 38.0 Å². The van der Waals surface area contributed by atoms with E-state index in [2.05, 4.69) is 20.8 Å².